The molecule has 0 saturated carbocycles. The molecular weight excluding hydrogens is 354 g/mol. The first kappa shape index (κ1) is 12.2. The number of Topliss-reactive ketones (excluding diaryl/α,β-unsaturated/α-hetero) is 1. The highest BCUT2D eigenvalue weighted by Crippen LogP contribution is 2.41. The van der Waals surface area contributed by atoms with Crippen molar-refractivity contribution >= 4 is 23.0 Å². The van der Waals surface area contributed by atoms with E-state index in [1.165, 1.54) is 17.0 Å². The lowest BCUT2D eigenvalue weighted by Gasteiger charge is -2.31. The second kappa shape index (κ2) is 6.41. The molecule has 2 heterocycles. The molecule has 144 valence electrons. The number of para-hydroxylation sites is 1. The Balaban J connectivity index is 1.80. The third-order valence-electron chi connectivity index (χ3n) is 5.13. The second-order valence-electron chi connectivity index (χ2n) is 7.25. The summed E-state index contributed by atoms with van der Waals surface area (Å²) in [4.78, 5) is 14.9. The lowest BCUT2D eigenvalue weighted by Crippen LogP contribution is -2.44. The van der Waals surface area contributed by atoms with Crippen molar-refractivity contribution in [2.24, 2.45) is 0 Å². The summed E-state index contributed by atoms with van der Waals surface area (Å²) in [6.07, 6.45) is 0.457. The second-order valence-corrected chi connectivity index (χ2v) is 7.25. The number of rotatable bonds is 3. The molecule has 2 aromatic carbocycles. The van der Waals surface area contributed by atoms with Gasteiger partial charge in [-0.25, -0.2) is 0 Å². The maximum Gasteiger partial charge on any atom is 0.193 e. The maximum absolute atomic E-state index is 13.5. The zero-order valence-electron chi connectivity index (χ0n) is 21.4. The molecular formula is C22H23N3O3. The Morgan fingerprint density at radius 2 is 1.82 bits per heavy atom. The highest BCUT2D eigenvalue weighted by atomic mass is 16.5. The Morgan fingerprint density at radius 1 is 1.14 bits per heavy atom. The number of amidine groups is 1. The van der Waals surface area contributed by atoms with Crippen LogP contribution in [0.1, 0.15) is 27.6 Å². The van der Waals surface area contributed by atoms with Gasteiger partial charge in [-0.2, -0.15) is 0 Å². The molecule has 28 heavy (non-hydrogen) atoms. The van der Waals surface area contributed by atoms with Gasteiger partial charge in [-0.05, 0) is 25.5 Å². The third-order valence-corrected chi connectivity index (χ3v) is 5.13. The van der Waals surface area contributed by atoms with Crippen molar-refractivity contribution in [2.75, 3.05) is 24.3 Å². The summed E-state index contributed by atoms with van der Waals surface area (Å²) in [5, 5.41) is 12.1. The Hall–Kier alpha value is -3.28. The van der Waals surface area contributed by atoms with E-state index in [4.69, 9.17) is 23.1 Å². The van der Waals surface area contributed by atoms with Gasteiger partial charge in [0.15, 0.2) is 5.78 Å². The fourth-order valence-electron chi connectivity index (χ4n) is 3.79. The van der Waals surface area contributed by atoms with Crippen molar-refractivity contribution in [1.82, 2.24) is 0 Å². The number of carbonyl (C=O) groups excluding carboxylic acids is 1. The van der Waals surface area contributed by atoms with Gasteiger partial charge in [0.05, 0.1) is 33.6 Å². The number of hydrogen-bond acceptors (Lipinski definition) is 5. The van der Waals surface area contributed by atoms with Gasteiger partial charge < -0.3 is 19.7 Å². The summed E-state index contributed by atoms with van der Waals surface area (Å²) in [5.74, 6) is -0.759. The molecule has 0 unspecified atom stereocenters. The van der Waals surface area contributed by atoms with Crippen molar-refractivity contribution < 1.29 is 22.5 Å². The van der Waals surface area contributed by atoms with E-state index in [-0.39, 0.29) is 34.4 Å². The molecule has 2 N–H and O–H groups in total. The Morgan fingerprint density at radius 3 is 2.46 bits per heavy atom. The number of nitrogens with one attached hydrogen (secondary N) is 2. The normalized spacial score (nSPS) is 24.3. The average Bonchev–Trinajstić information content (AvgIpc) is 3.15. The number of fused-ring (bicyclic) bond motifs is 1. The number of ether oxygens (including phenoxy) is 2. The Kier molecular flexibility index (Phi) is 2.80. The largest absolute Gasteiger partial charge is 0.497 e. The number of methoxy groups -OCH3 is 2. The monoisotopic (exact) mass is 383 g/mol. The van der Waals surface area contributed by atoms with Crippen LogP contribution in [0.2, 0.25) is 0 Å². The average molecular weight is 383 g/mol. The number of benzene rings is 2. The van der Waals surface area contributed by atoms with Crippen LogP contribution >= 0.6 is 0 Å². The third kappa shape index (κ3) is 2.64. The van der Waals surface area contributed by atoms with Gasteiger partial charge in [0.2, 0.25) is 0 Å². The summed E-state index contributed by atoms with van der Waals surface area (Å²) in [5.41, 5.74) is 1.65. The molecule has 1 saturated heterocycles. The van der Waals surface area contributed by atoms with Crippen LogP contribution in [0.4, 0.5) is 11.4 Å². The van der Waals surface area contributed by atoms with Gasteiger partial charge in [-0.15, -0.1) is 0 Å². The molecule has 0 aromatic heterocycles. The van der Waals surface area contributed by atoms with Gasteiger partial charge in [0.1, 0.15) is 22.9 Å². The first-order chi connectivity index (χ1) is 15.7. The van der Waals surface area contributed by atoms with Crippen molar-refractivity contribution in [3.8, 4) is 11.5 Å². The van der Waals surface area contributed by atoms with Crippen LogP contribution in [-0.4, -0.2) is 31.2 Å². The number of allylic oxidation sites excluding steroid dienone is 1. The minimum Gasteiger partial charge on any atom is -0.497 e. The number of carbonyl (C=O) groups is 1. The molecule has 6 nitrogen and oxygen atoms in total. The number of anilines is 2. The molecule has 4 rings (SSSR count). The number of ketones is 1. The molecule has 2 aliphatic heterocycles. The number of nitrogens with zero attached hydrogens (tertiary/aromatic N) is 1. The molecule has 2 aliphatic rings. The van der Waals surface area contributed by atoms with E-state index >= 15 is 0 Å². The van der Waals surface area contributed by atoms with Crippen LogP contribution in [0.15, 0.2) is 53.7 Å². The highest BCUT2D eigenvalue weighted by Gasteiger charge is 2.49. The Bertz CT molecular complexity index is 1160. The summed E-state index contributed by atoms with van der Waals surface area (Å²) >= 11 is 0. The molecule has 0 atom stereocenters. The van der Waals surface area contributed by atoms with E-state index < -0.39 is 19.6 Å². The van der Waals surface area contributed by atoms with Crippen molar-refractivity contribution in [2.45, 2.75) is 25.8 Å². The lowest BCUT2D eigenvalue weighted by molar-refractivity contribution is -0.118. The van der Waals surface area contributed by atoms with Crippen LogP contribution < -0.4 is 19.7 Å². The minimum atomic E-state index is -2.80. The predicted molar refractivity (Wildman–Crippen MR) is 110 cm³/mol. The molecule has 0 bridgehead atoms. The smallest absolute Gasteiger partial charge is 0.193 e. The van der Waals surface area contributed by atoms with E-state index in [9.17, 15) is 4.79 Å². The maximum atomic E-state index is 13.5. The van der Waals surface area contributed by atoms with Crippen LogP contribution in [0, 0.1) is 5.41 Å². The first-order valence-electron chi connectivity index (χ1n) is 11.7. The van der Waals surface area contributed by atoms with Crippen LogP contribution in [0.25, 0.3) is 0 Å². The quantitative estimate of drug-likeness (QED) is 0.789. The van der Waals surface area contributed by atoms with Crippen molar-refractivity contribution in [1.29, 1.82) is 5.41 Å². The highest BCUT2D eigenvalue weighted by molar-refractivity contribution is 6.36. The topological polar surface area (TPSA) is 74.7 Å². The van der Waals surface area contributed by atoms with Crippen molar-refractivity contribution in [3.63, 3.8) is 0 Å². The zero-order valence-corrected chi connectivity index (χ0v) is 15.4. The van der Waals surface area contributed by atoms with Crippen LogP contribution in [0.3, 0.4) is 0 Å². The fraction of sp³-hybridized carbons (Fsp3) is 0.273. The molecule has 0 spiro atoms. The lowest BCUT2D eigenvalue weighted by atomic mass is 9.96. The van der Waals surface area contributed by atoms with Gasteiger partial charge in [0.25, 0.3) is 0 Å². The van der Waals surface area contributed by atoms with Gasteiger partial charge in [-0.3, -0.25) is 10.2 Å². The molecule has 0 radical (unpaired) electrons. The summed E-state index contributed by atoms with van der Waals surface area (Å²) in [6, 6.07) is 11.4. The van der Waals surface area contributed by atoms with Gasteiger partial charge in [-0.1, -0.05) is 18.2 Å². The molecule has 6 heteroatoms. The van der Waals surface area contributed by atoms with Crippen molar-refractivity contribution in [3.05, 3.63) is 59.3 Å². The molecule has 1 fully saturated rings. The van der Waals surface area contributed by atoms with Gasteiger partial charge >= 0.3 is 0 Å². The van der Waals surface area contributed by atoms with E-state index in [0.29, 0.717) is 12.1 Å². The predicted octanol–water partition coefficient (Wildman–Crippen LogP) is 3.77. The molecule has 2 aromatic rings. The summed E-state index contributed by atoms with van der Waals surface area (Å²) in [6.45, 7) is 3.28. The van der Waals surface area contributed by atoms with E-state index in [2.05, 4.69) is 5.32 Å². The minimum absolute atomic E-state index is 0.101. The van der Waals surface area contributed by atoms with E-state index in [1.807, 2.05) is 24.3 Å². The van der Waals surface area contributed by atoms with Gasteiger partial charge in [0, 0.05) is 36.0 Å². The van der Waals surface area contributed by atoms with Crippen LogP contribution in [-0.2, 0) is 11.2 Å². The number of hydrogen-bond donors (Lipinski definition) is 2. The first-order valence-corrected chi connectivity index (χ1v) is 8.71. The molecule has 0 amide bonds. The standard InChI is InChI=1S/C22H23N3O3/c1-22(2)20(26)19(18-9-13-7-5-6-8-17(13)24-18)21(23)25(22)14-10-15(27-3)12-16(11-14)28-4/h5-8,10-12,23-24H,9H2,1-4H3/i3D3,4D3. The van der Waals surface area contributed by atoms with E-state index in [1.54, 1.807) is 13.8 Å². The summed E-state index contributed by atoms with van der Waals surface area (Å²) in [7, 11) is -5.60. The fourth-order valence-corrected chi connectivity index (χ4v) is 3.79. The Labute approximate surface area is 172 Å². The van der Waals surface area contributed by atoms with E-state index in [0.717, 1.165) is 17.3 Å². The SMILES string of the molecule is [2H]C([2H])([2H])Oc1cc(OC([2H])([2H])[2H])cc(N2C(=N)C(=C3Cc4ccccc4N3)C(=O)C2(C)C)c1. The zero-order chi connectivity index (χ0) is 25.1. The van der Waals surface area contributed by atoms with Crippen LogP contribution in [0.5, 0.6) is 11.5 Å². The molecule has 0 aliphatic carbocycles. The summed E-state index contributed by atoms with van der Waals surface area (Å²) < 4.78 is 54.3.